The van der Waals surface area contributed by atoms with Gasteiger partial charge in [0, 0.05) is 17.5 Å². The Morgan fingerprint density at radius 1 is 1.00 bits per heavy atom. The minimum atomic E-state index is -0.227. The summed E-state index contributed by atoms with van der Waals surface area (Å²) in [5.74, 6) is 1.87. The maximum absolute atomic E-state index is 6.43. The van der Waals surface area contributed by atoms with Crippen LogP contribution in [0.5, 0.6) is 11.5 Å². The minimum Gasteiger partial charge on any atom is -0.494 e. The smallest absolute Gasteiger partial charge is 0.213 e. The second kappa shape index (κ2) is 8.46. The normalized spacial score (nSPS) is 19.3. The summed E-state index contributed by atoms with van der Waals surface area (Å²) in [6.45, 7) is 5.04. The number of hydrogen-bond acceptors (Lipinski definition) is 4. The van der Waals surface area contributed by atoms with Crippen LogP contribution in [0.25, 0.3) is 0 Å². The van der Waals surface area contributed by atoms with Crippen molar-refractivity contribution in [3.63, 3.8) is 0 Å². The molecule has 0 saturated heterocycles. The van der Waals surface area contributed by atoms with E-state index in [0.717, 1.165) is 54.2 Å². The highest BCUT2D eigenvalue weighted by Crippen LogP contribution is 2.47. The standard InChI is InChI=1S/C27H28N2O2/c1-3-4-17-30-22-15-13-20(14-16-22)24-18-25-23-7-5-6-8-26(23)31-27(29(25)28-24)21-11-9-19(2)10-12-21/h5-16,25,27H,3-4,17-18H2,1-2H3/t25-,27+/m0/s1. The summed E-state index contributed by atoms with van der Waals surface area (Å²) >= 11 is 0. The lowest BCUT2D eigenvalue weighted by molar-refractivity contribution is -0.0190. The van der Waals surface area contributed by atoms with Crippen molar-refractivity contribution in [3.05, 3.63) is 95.1 Å². The van der Waals surface area contributed by atoms with Crippen LogP contribution < -0.4 is 9.47 Å². The van der Waals surface area contributed by atoms with E-state index in [-0.39, 0.29) is 12.3 Å². The lowest BCUT2D eigenvalue weighted by Crippen LogP contribution is -2.33. The molecule has 0 fully saturated rings. The van der Waals surface area contributed by atoms with E-state index < -0.39 is 0 Å². The van der Waals surface area contributed by atoms with Crippen LogP contribution in [0.2, 0.25) is 0 Å². The monoisotopic (exact) mass is 412 g/mol. The van der Waals surface area contributed by atoms with Gasteiger partial charge in [0.2, 0.25) is 6.23 Å². The molecule has 2 atom stereocenters. The molecule has 0 unspecified atom stereocenters. The lowest BCUT2D eigenvalue weighted by Gasteiger charge is -2.38. The van der Waals surface area contributed by atoms with Crippen molar-refractivity contribution in [1.29, 1.82) is 0 Å². The predicted molar refractivity (Wildman–Crippen MR) is 124 cm³/mol. The number of nitrogens with zero attached hydrogens (tertiary/aromatic N) is 2. The van der Waals surface area contributed by atoms with E-state index in [0.29, 0.717) is 0 Å². The van der Waals surface area contributed by atoms with Crippen molar-refractivity contribution in [2.75, 3.05) is 6.61 Å². The Bertz CT molecular complexity index is 1070. The van der Waals surface area contributed by atoms with E-state index in [1.165, 1.54) is 11.1 Å². The first-order valence-corrected chi connectivity index (χ1v) is 11.1. The van der Waals surface area contributed by atoms with Gasteiger partial charge in [-0.3, -0.25) is 0 Å². The highest BCUT2D eigenvalue weighted by Gasteiger charge is 2.40. The molecular formula is C27H28N2O2. The van der Waals surface area contributed by atoms with Crippen molar-refractivity contribution in [2.24, 2.45) is 5.10 Å². The Kier molecular flexibility index (Phi) is 5.37. The van der Waals surface area contributed by atoms with Gasteiger partial charge in [-0.2, -0.15) is 5.10 Å². The number of hydrogen-bond donors (Lipinski definition) is 0. The van der Waals surface area contributed by atoms with E-state index >= 15 is 0 Å². The van der Waals surface area contributed by atoms with E-state index in [9.17, 15) is 0 Å². The summed E-state index contributed by atoms with van der Waals surface area (Å²) in [4.78, 5) is 0. The molecule has 2 aliphatic rings. The summed E-state index contributed by atoms with van der Waals surface area (Å²) < 4.78 is 12.2. The highest BCUT2D eigenvalue weighted by molar-refractivity contribution is 6.02. The topological polar surface area (TPSA) is 34.1 Å². The zero-order valence-electron chi connectivity index (χ0n) is 18.1. The molecular weight excluding hydrogens is 384 g/mol. The van der Waals surface area contributed by atoms with Crippen LogP contribution in [0.1, 0.15) is 60.7 Å². The molecule has 2 aliphatic heterocycles. The van der Waals surface area contributed by atoms with E-state index in [4.69, 9.17) is 14.6 Å². The maximum Gasteiger partial charge on any atom is 0.213 e. The zero-order valence-corrected chi connectivity index (χ0v) is 18.1. The molecule has 3 aromatic carbocycles. The Labute approximate surface area is 184 Å². The first kappa shape index (κ1) is 19.7. The molecule has 3 aromatic rings. The molecule has 0 radical (unpaired) electrons. The molecule has 0 aromatic heterocycles. The van der Waals surface area contributed by atoms with Crippen LogP contribution >= 0.6 is 0 Å². The summed E-state index contributed by atoms with van der Waals surface area (Å²) in [6, 6.07) is 25.4. The van der Waals surface area contributed by atoms with E-state index in [1.807, 2.05) is 18.2 Å². The van der Waals surface area contributed by atoms with Crippen molar-refractivity contribution >= 4 is 5.71 Å². The van der Waals surface area contributed by atoms with Crippen LogP contribution in [0.15, 0.2) is 77.9 Å². The average Bonchev–Trinajstić information content (AvgIpc) is 3.26. The Morgan fingerprint density at radius 2 is 1.77 bits per heavy atom. The Morgan fingerprint density at radius 3 is 2.55 bits per heavy atom. The fourth-order valence-corrected chi connectivity index (χ4v) is 4.24. The van der Waals surface area contributed by atoms with Crippen molar-refractivity contribution in [1.82, 2.24) is 5.01 Å². The lowest BCUT2D eigenvalue weighted by atomic mass is 9.96. The molecule has 5 rings (SSSR count). The Balaban J connectivity index is 1.45. The number of para-hydroxylation sites is 1. The summed E-state index contributed by atoms with van der Waals surface area (Å²) in [7, 11) is 0. The number of unbranched alkanes of at least 4 members (excludes halogenated alkanes) is 1. The first-order chi connectivity index (χ1) is 15.2. The molecule has 2 heterocycles. The second-order valence-electron chi connectivity index (χ2n) is 8.29. The summed E-state index contributed by atoms with van der Waals surface area (Å²) in [6.07, 6.45) is 2.84. The van der Waals surface area contributed by atoms with Gasteiger partial charge in [0.1, 0.15) is 11.5 Å². The number of aryl methyl sites for hydroxylation is 1. The predicted octanol–water partition coefficient (Wildman–Crippen LogP) is 6.42. The number of benzene rings is 3. The molecule has 158 valence electrons. The molecule has 0 N–H and O–H groups in total. The third-order valence-electron chi connectivity index (χ3n) is 6.02. The van der Waals surface area contributed by atoms with Gasteiger partial charge in [-0.05, 0) is 49.2 Å². The van der Waals surface area contributed by atoms with Gasteiger partial charge in [-0.1, -0.05) is 61.4 Å². The SMILES string of the molecule is CCCCOc1ccc(C2=NN3[C@@H](c4ccc(C)cc4)Oc4ccccc4[C@@H]3C2)cc1. The molecule has 0 amide bonds. The minimum absolute atomic E-state index is 0.173. The number of fused-ring (bicyclic) bond motifs is 3. The molecule has 0 spiro atoms. The van der Waals surface area contributed by atoms with Gasteiger partial charge in [0.25, 0.3) is 0 Å². The first-order valence-electron chi connectivity index (χ1n) is 11.1. The molecule has 31 heavy (non-hydrogen) atoms. The molecule has 4 nitrogen and oxygen atoms in total. The van der Waals surface area contributed by atoms with Gasteiger partial charge < -0.3 is 9.47 Å². The fourth-order valence-electron chi connectivity index (χ4n) is 4.24. The Hall–Kier alpha value is -3.27. The average molecular weight is 413 g/mol. The number of hydrazone groups is 1. The largest absolute Gasteiger partial charge is 0.494 e. The van der Waals surface area contributed by atoms with Crippen molar-refractivity contribution < 1.29 is 9.47 Å². The summed E-state index contributed by atoms with van der Waals surface area (Å²) in [5, 5.41) is 7.18. The molecule has 0 saturated carbocycles. The molecule has 0 bridgehead atoms. The van der Waals surface area contributed by atoms with E-state index in [2.05, 4.69) is 73.5 Å². The molecule has 4 heteroatoms. The number of rotatable bonds is 6. The van der Waals surface area contributed by atoms with Gasteiger partial charge >= 0.3 is 0 Å². The third-order valence-corrected chi connectivity index (χ3v) is 6.02. The van der Waals surface area contributed by atoms with Gasteiger partial charge in [0.15, 0.2) is 0 Å². The number of ether oxygens (including phenoxy) is 2. The highest BCUT2D eigenvalue weighted by atomic mass is 16.5. The zero-order chi connectivity index (χ0) is 21.2. The second-order valence-corrected chi connectivity index (χ2v) is 8.29. The van der Waals surface area contributed by atoms with Gasteiger partial charge in [-0.25, -0.2) is 5.01 Å². The van der Waals surface area contributed by atoms with E-state index in [1.54, 1.807) is 0 Å². The third kappa shape index (κ3) is 3.90. The van der Waals surface area contributed by atoms with Gasteiger partial charge in [-0.15, -0.1) is 0 Å². The quantitative estimate of drug-likeness (QED) is 0.438. The van der Waals surface area contributed by atoms with Crippen LogP contribution in [-0.2, 0) is 0 Å². The summed E-state index contributed by atoms with van der Waals surface area (Å²) in [5.41, 5.74) is 5.78. The van der Waals surface area contributed by atoms with Crippen LogP contribution in [0, 0.1) is 6.92 Å². The molecule has 0 aliphatic carbocycles. The van der Waals surface area contributed by atoms with Gasteiger partial charge in [0.05, 0.1) is 18.4 Å². The van der Waals surface area contributed by atoms with Crippen LogP contribution in [0.3, 0.4) is 0 Å². The fraction of sp³-hybridized carbons (Fsp3) is 0.296. The van der Waals surface area contributed by atoms with Crippen molar-refractivity contribution in [3.8, 4) is 11.5 Å². The van der Waals surface area contributed by atoms with Crippen LogP contribution in [0.4, 0.5) is 0 Å². The maximum atomic E-state index is 6.43. The van der Waals surface area contributed by atoms with Crippen molar-refractivity contribution in [2.45, 2.75) is 45.4 Å². The van der Waals surface area contributed by atoms with Crippen LogP contribution in [-0.4, -0.2) is 17.3 Å².